The Bertz CT molecular complexity index is 961. The predicted molar refractivity (Wildman–Crippen MR) is 106 cm³/mol. The molecular weight excluding hydrogens is 360 g/mol. The van der Waals surface area contributed by atoms with Crippen molar-refractivity contribution in [2.24, 2.45) is 4.99 Å². The Morgan fingerprint density at radius 2 is 1.93 bits per heavy atom. The van der Waals surface area contributed by atoms with Crippen molar-refractivity contribution in [1.29, 1.82) is 0 Å². The number of hydrogen-bond acceptors (Lipinski definition) is 6. The lowest BCUT2D eigenvalue weighted by molar-refractivity contribution is -0.129. The molecule has 1 heterocycles. The molecule has 0 aromatic heterocycles. The van der Waals surface area contributed by atoms with Crippen molar-refractivity contribution in [1.82, 2.24) is 0 Å². The molecule has 0 saturated heterocycles. The minimum absolute atomic E-state index is 0.159. The van der Waals surface area contributed by atoms with Crippen LogP contribution in [0.1, 0.15) is 25.0 Å². The van der Waals surface area contributed by atoms with Gasteiger partial charge in [0.05, 0.1) is 13.7 Å². The molecule has 0 radical (unpaired) electrons. The van der Waals surface area contributed by atoms with Gasteiger partial charge in [0.25, 0.3) is 0 Å². The molecule has 2 aromatic carbocycles. The molecule has 7 heteroatoms. The van der Waals surface area contributed by atoms with E-state index in [-0.39, 0.29) is 17.5 Å². The highest BCUT2D eigenvalue weighted by atomic mass is 16.6. The second kappa shape index (κ2) is 8.39. The highest BCUT2D eigenvalue weighted by molar-refractivity contribution is 6.13. The lowest BCUT2D eigenvalue weighted by atomic mass is 10.1. The fourth-order valence-corrected chi connectivity index (χ4v) is 2.64. The van der Waals surface area contributed by atoms with Gasteiger partial charge in [-0.3, -0.25) is 4.79 Å². The molecule has 2 aromatic rings. The molecule has 0 spiro atoms. The maximum atomic E-state index is 12.2. The summed E-state index contributed by atoms with van der Waals surface area (Å²) in [5.41, 5.74) is 2.21. The number of nitrogens with one attached hydrogen (secondary N) is 1. The summed E-state index contributed by atoms with van der Waals surface area (Å²) in [6.45, 7) is 3.81. The fraction of sp³-hybridized carbons (Fsp3) is 0.190. The van der Waals surface area contributed by atoms with E-state index in [0.717, 1.165) is 5.56 Å². The summed E-state index contributed by atoms with van der Waals surface area (Å²) in [4.78, 5) is 27.6. The van der Waals surface area contributed by atoms with Crippen LogP contribution in [-0.4, -0.2) is 31.5 Å². The molecule has 0 atom stereocenters. The number of methoxy groups -OCH3 is 1. The number of nitrogens with zero attached hydrogens (tertiary/aromatic N) is 1. The number of benzene rings is 2. The molecule has 0 unspecified atom stereocenters. The first-order valence-corrected chi connectivity index (χ1v) is 8.71. The van der Waals surface area contributed by atoms with Crippen molar-refractivity contribution >= 4 is 29.5 Å². The highest BCUT2D eigenvalue weighted by Crippen LogP contribution is 2.29. The molecule has 0 aliphatic carbocycles. The molecule has 28 heavy (non-hydrogen) atoms. The average molecular weight is 380 g/mol. The van der Waals surface area contributed by atoms with Crippen molar-refractivity contribution in [2.45, 2.75) is 13.8 Å². The quantitative estimate of drug-likeness (QED) is 0.613. The lowest BCUT2D eigenvalue weighted by Gasteiger charge is -2.09. The zero-order valence-corrected chi connectivity index (χ0v) is 15.8. The molecular formula is C21H20N2O5. The number of rotatable bonds is 6. The molecule has 1 amide bonds. The first kappa shape index (κ1) is 19.2. The van der Waals surface area contributed by atoms with E-state index in [0.29, 0.717) is 29.4 Å². The van der Waals surface area contributed by atoms with E-state index in [1.807, 2.05) is 6.92 Å². The van der Waals surface area contributed by atoms with E-state index in [9.17, 15) is 9.59 Å². The van der Waals surface area contributed by atoms with E-state index in [1.165, 1.54) is 6.92 Å². The Hall–Kier alpha value is -3.61. The van der Waals surface area contributed by atoms with Crippen molar-refractivity contribution in [3.8, 4) is 11.5 Å². The van der Waals surface area contributed by atoms with Gasteiger partial charge in [-0.2, -0.15) is 0 Å². The summed E-state index contributed by atoms with van der Waals surface area (Å²) < 4.78 is 16.1. The molecule has 7 nitrogen and oxygen atoms in total. The summed E-state index contributed by atoms with van der Waals surface area (Å²) in [5, 5.41) is 2.68. The fourth-order valence-electron chi connectivity index (χ4n) is 2.64. The van der Waals surface area contributed by atoms with Gasteiger partial charge in [-0.25, -0.2) is 9.79 Å². The van der Waals surface area contributed by atoms with Gasteiger partial charge in [-0.05, 0) is 55.0 Å². The minimum Gasteiger partial charge on any atom is -0.493 e. The average Bonchev–Trinajstić information content (AvgIpc) is 3.03. The molecule has 1 aliphatic rings. The largest absolute Gasteiger partial charge is 0.493 e. The Labute approximate surface area is 162 Å². The van der Waals surface area contributed by atoms with E-state index in [2.05, 4.69) is 10.3 Å². The van der Waals surface area contributed by atoms with Gasteiger partial charge in [-0.15, -0.1) is 0 Å². The standard InChI is InChI=1S/C21H20N2O5/c1-4-27-19-12-14(5-10-18(19)26-3)11-17-21(25)28-20(23-17)15-6-8-16(9-7-15)22-13(2)24/h5-12H,4H2,1-3H3,(H,22,24)/b17-11+. The van der Waals surface area contributed by atoms with Crippen molar-refractivity contribution < 1.29 is 23.8 Å². The SMILES string of the molecule is CCOc1cc(/C=C2/N=C(c3ccc(NC(C)=O)cc3)OC2=O)ccc1OC. The Morgan fingerprint density at radius 3 is 2.57 bits per heavy atom. The highest BCUT2D eigenvalue weighted by Gasteiger charge is 2.24. The Kier molecular flexibility index (Phi) is 5.74. The molecule has 1 aliphatic heterocycles. The van der Waals surface area contributed by atoms with Gasteiger partial charge < -0.3 is 19.5 Å². The first-order chi connectivity index (χ1) is 13.5. The third-order valence-corrected chi connectivity index (χ3v) is 3.86. The molecule has 144 valence electrons. The Morgan fingerprint density at radius 1 is 1.18 bits per heavy atom. The minimum atomic E-state index is -0.533. The van der Waals surface area contributed by atoms with Gasteiger partial charge in [0.2, 0.25) is 11.8 Å². The summed E-state index contributed by atoms with van der Waals surface area (Å²) in [7, 11) is 1.57. The number of cyclic esters (lactones) is 1. The van der Waals surface area contributed by atoms with Crippen LogP contribution in [0.4, 0.5) is 5.69 Å². The second-order valence-corrected chi connectivity index (χ2v) is 5.94. The van der Waals surface area contributed by atoms with Crippen LogP contribution in [0.3, 0.4) is 0 Å². The van der Waals surface area contributed by atoms with Gasteiger partial charge in [0, 0.05) is 18.2 Å². The van der Waals surface area contributed by atoms with Crippen LogP contribution < -0.4 is 14.8 Å². The summed E-state index contributed by atoms with van der Waals surface area (Å²) in [6.07, 6.45) is 1.63. The number of anilines is 1. The van der Waals surface area contributed by atoms with E-state index in [4.69, 9.17) is 14.2 Å². The Balaban J connectivity index is 1.85. The monoisotopic (exact) mass is 380 g/mol. The maximum absolute atomic E-state index is 12.2. The lowest BCUT2D eigenvalue weighted by Crippen LogP contribution is -2.07. The summed E-state index contributed by atoms with van der Waals surface area (Å²) in [5.74, 6) is 0.720. The summed E-state index contributed by atoms with van der Waals surface area (Å²) >= 11 is 0. The zero-order valence-electron chi connectivity index (χ0n) is 15.8. The molecule has 1 N–H and O–H groups in total. The van der Waals surface area contributed by atoms with Gasteiger partial charge in [0.15, 0.2) is 17.2 Å². The third-order valence-electron chi connectivity index (χ3n) is 3.86. The van der Waals surface area contributed by atoms with Gasteiger partial charge >= 0.3 is 5.97 Å². The molecule has 0 fully saturated rings. The zero-order chi connectivity index (χ0) is 20.1. The van der Waals surface area contributed by atoms with Crippen LogP contribution in [0.5, 0.6) is 11.5 Å². The van der Waals surface area contributed by atoms with E-state index < -0.39 is 5.97 Å². The normalized spacial score (nSPS) is 14.5. The van der Waals surface area contributed by atoms with Crippen LogP contribution in [0.15, 0.2) is 53.2 Å². The van der Waals surface area contributed by atoms with Gasteiger partial charge in [0.1, 0.15) is 0 Å². The number of amides is 1. The number of carbonyl (C=O) groups excluding carboxylic acids is 2. The predicted octanol–water partition coefficient (Wildman–Crippen LogP) is 3.40. The number of hydrogen-bond donors (Lipinski definition) is 1. The second-order valence-electron chi connectivity index (χ2n) is 5.94. The summed E-state index contributed by atoms with van der Waals surface area (Å²) in [6, 6.07) is 12.2. The van der Waals surface area contributed by atoms with E-state index in [1.54, 1.807) is 55.7 Å². The number of aliphatic imine (C=N–C) groups is 1. The number of esters is 1. The van der Waals surface area contributed by atoms with Crippen molar-refractivity contribution in [2.75, 3.05) is 19.0 Å². The molecule has 0 saturated carbocycles. The maximum Gasteiger partial charge on any atom is 0.363 e. The smallest absolute Gasteiger partial charge is 0.363 e. The van der Waals surface area contributed by atoms with Crippen molar-refractivity contribution in [3.05, 3.63) is 59.3 Å². The molecule has 0 bridgehead atoms. The number of carbonyl (C=O) groups is 2. The van der Waals surface area contributed by atoms with Crippen LogP contribution in [0, 0.1) is 0 Å². The topological polar surface area (TPSA) is 86.2 Å². The number of ether oxygens (including phenoxy) is 3. The van der Waals surface area contributed by atoms with Crippen LogP contribution in [-0.2, 0) is 14.3 Å². The van der Waals surface area contributed by atoms with E-state index >= 15 is 0 Å². The van der Waals surface area contributed by atoms with Crippen molar-refractivity contribution in [3.63, 3.8) is 0 Å². The van der Waals surface area contributed by atoms with Gasteiger partial charge in [-0.1, -0.05) is 6.07 Å². The van der Waals surface area contributed by atoms with Crippen LogP contribution in [0.2, 0.25) is 0 Å². The first-order valence-electron chi connectivity index (χ1n) is 8.71. The third kappa shape index (κ3) is 4.37. The molecule has 3 rings (SSSR count). The van der Waals surface area contributed by atoms with Crippen LogP contribution >= 0.6 is 0 Å². The van der Waals surface area contributed by atoms with Crippen LogP contribution in [0.25, 0.3) is 6.08 Å².